The Morgan fingerprint density at radius 1 is 0.862 bits per heavy atom. The number of carbonyl (C=O) groups is 2. The Bertz CT molecular complexity index is 621. The van der Waals surface area contributed by atoms with Gasteiger partial charge in [0.05, 0.1) is 11.3 Å². The van der Waals surface area contributed by atoms with E-state index in [-0.39, 0.29) is 35.2 Å². The molecule has 5 nitrogen and oxygen atoms in total. The van der Waals surface area contributed by atoms with Crippen molar-refractivity contribution < 1.29 is 9.59 Å². The minimum Gasteiger partial charge on any atom is -0.339 e. The predicted molar refractivity (Wildman–Crippen MR) is 116 cm³/mol. The number of halogens is 1. The van der Waals surface area contributed by atoms with E-state index in [1.807, 2.05) is 11.8 Å². The maximum atomic E-state index is 13.5. The average Bonchev–Trinajstić information content (AvgIpc) is 2.66. The van der Waals surface area contributed by atoms with Crippen molar-refractivity contribution in [3.8, 4) is 0 Å². The van der Waals surface area contributed by atoms with Gasteiger partial charge in [-0.1, -0.05) is 12.8 Å². The molecule has 0 spiro atoms. The summed E-state index contributed by atoms with van der Waals surface area (Å²) in [6, 6.07) is 0. The van der Waals surface area contributed by atoms with Crippen molar-refractivity contribution in [1.29, 1.82) is 0 Å². The minimum absolute atomic E-state index is 0. The van der Waals surface area contributed by atoms with E-state index >= 15 is 0 Å². The van der Waals surface area contributed by atoms with Crippen molar-refractivity contribution in [2.45, 2.75) is 76.7 Å². The van der Waals surface area contributed by atoms with Crippen LogP contribution in [0.25, 0.3) is 0 Å². The first-order valence-corrected chi connectivity index (χ1v) is 11.7. The highest BCUT2D eigenvalue weighted by molar-refractivity contribution is 5.85. The molecule has 2 N–H and O–H groups in total. The highest BCUT2D eigenvalue weighted by Gasteiger charge is 2.55. The molecule has 0 aromatic heterocycles. The zero-order valence-corrected chi connectivity index (χ0v) is 18.7. The molecule has 164 valence electrons. The lowest BCUT2D eigenvalue weighted by Crippen LogP contribution is -2.60. The first kappa shape index (κ1) is 21.4. The van der Waals surface area contributed by atoms with E-state index in [0.717, 1.165) is 62.7 Å². The van der Waals surface area contributed by atoms with E-state index in [1.165, 1.54) is 19.3 Å². The van der Waals surface area contributed by atoms with Gasteiger partial charge < -0.3 is 15.5 Å². The van der Waals surface area contributed by atoms with Crippen LogP contribution in [0.2, 0.25) is 0 Å². The molecule has 2 unspecified atom stereocenters. The number of rotatable bonds is 2. The standard InChI is InChI=1S/C23H37N3O2.ClH/c1-22(24)5-3-2-4-19(22)20(27)25-6-8-26(9-7-25)21(28)23-13-16-10-17(14-23)12-18(11-16)15-23;/h16-19H,2-15,24H2,1H3;1H. The van der Waals surface area contributed by atoms with Crippen LogP contribution in [0.15, 0.2) is 0 Å². The van der Waals surface area contributed by atoms with Crippen molar-refractivity contribution in [1.82, 2.24) is 9.80 Å². The molecule has 2 atom stereocenters. The Kier molecular flexibility index (Phi) is 5.69. The monoisotopic (exact) mass is 423 g/mol. The molecule has 1 heterocycles. The molecule has 29 heavy (non-hydrogen) atoms. The summed E-state index contributed by atoms with van der Waals surface area (Å²) >= 11 is 0. The zero-order valence-electron chi connectivity index (χ0n) is 17.9. The van der Waals surface area contributed by atoms with Gasteiger partial charge in [0, 0.05) is 31.7 Å². The highest BCUT2D eigenvalue weighted by Crippen LogP contribution is 2.60. The molecular weight excluding hydrogens is 386 g/mol. The molecule has 4 bridgehead atoms. The number of nitrogens with zero attached hydrogens (tertiary/aromatic N) is 2. The molecule has 1 saturated heterocycles. The molecule has 2 amide bonds. The van der Waals surface area contributed by atoms with E-state index in [4.69, 9.17) is 5.73 Å². The van der Waals surface area contributed by atoms with Gasteiger partial charge in [0.1, 0.15) is 0 Å². The fourth-order valence-corrected chi connectivity index (χ4v) is 7.82. The van der Waals surface area contributed by atoms with Crippen LogP contribution in [0.4, 0.5) is 0 Å². The summed E-state index contributed by atoms with van der Waals surface area (Å²) in [6.45, 7) is 4.83. The number of piperazine rings is 1. The summed E-state index contributed by atoms with van der Waals surface area (Å²) in [5.74, 6) is 2.99. The fourth-order valence-electron chi connectivity index (χ4n) is 7.82. The summed E-state index contributed by atoms with van der Waals surface area (Å²) in [7, 11) is 0. The number of hydrogen-bond donors (Lipinski definition) is 1. The molecule has 5 aliphatic carbocycles. The second-order valence-electron chi connectivity index (χ2n) is 11.1. The van der Waals surface area contributed by atoms with Crippen LogP contribution in [-0.4, -0.2) is 53.3 Å². The quantitative estimate of drug-likeness (QED) is 0.741. The highest BCUT2D eigenvalue weighted by atomic mass is 35.5. The molecule has 0 aromatic carbocycles. The van der Waals surface area contributed by atoms with Crippen molar-refractivity contribution in [2.75, 3.05) is 26.2 Å². The maximum Gasteiger partial charge on any atom is 0.228 e. The largest absolute Gasteiger partial charge is 0.339 e. The van der Waals surface area contributed by atoms with Crippen LogP contribution in [-0.2, 0) is 9.59 Å². The SMILES string of the molecule is CC1(N)CCCCC1C(=O)N1CCN(C(=O)C23CC4CC(CC(C4)C2)C3)CC1.Cl. The number of hydrogen-bond acceptors (Lipinski definition) is 3. The summed E-state index contributed by atoms with van der Waals surface area (Å²) < 4.78 is 0. The maximum absolute atomic E-state index is 13.5. The number of amides is 2. The first-order chi connectivity index (χ1) is 13.4. The summed E-state index contributed by atoms with van der Waals surface area (Å²) in [5.41, 5.74) is 6.03. The van der Waals surface area contributed by atoms with Crippen LogP contribution >= 0.6 is 12.4 Å². The summed E-state index contributed by atoms with van der Waals surface area (Å²) in [4.78, 5) is 30.7. The van der Waals surface area contributed by atoms with Crippen molar-refractivity contribution in [3.05, 3.63) is 0 Å². The summed E-state index contributed by atoms with van der Waals surface area (Å²) in [5, 5.41) is 0. The molecule has 6 rings (SSSR count). The third-order valence-electron chi connectivity index (χ3n) is 8.92. The second kappa shape index (κ2) is 7.71. The van der Waals surface area contributed by atoms with E-state index < -0.39 is 0 Å². The van der Waals surface area contributed by atoms with Gasteiger partial charge >= 0.3 is 0 Å². The van der Waals surface area contributed by atoms with Gasteiger partial charge in [0.2, 0.25) is 11.8 Å². The first-order valence-electron chi connectivity index (χ1n) is 11.7. The lowest BCUT2D eigenvalue weighted by molar-refractivity contribution is -0.161. The Labute approximate surface area is 181 Å². The number of nitrogens with two attached hydrogens (primary N) is 1. The Balaban J connectivity index is 0.00000205. The van der Waals surface area contributed by atoms with Gasteiger partial charge in [-0.15, -0.1) is 12.4 Å². The predicted octanol–water partition coefficient (Wildman–Crippen LogP) is 3.20. The van der Waals surface area contributed by atoms with Crippen LogP contribution < -0.4 is 5.73 Å². The zero-order chi connectivity index (χ0) is 19.5. The third kappa shape index (κ3) is 3.71. The smallest absolute Gasteiger partial charge is 0.228 e. The normalized spacial score (nSPS) is 43.8. The van der Waals surface area contributed by atoms with Gasteiger partial charge in [-0.25, -0.2) is 0 Å². The van der Waals surface area contributed by atoms with E-state index in [9.17, 15) is 9.59 Å². The lowest BCUT2D eigenvalue weighted by Gasteiger charge is -2.57. The van der Waals surface area contributed by atoms with Crippen LogP contribution in [0.3, 0.4) is 0 Å². The van der Waals surface area contributed by atoms with Crippen molar-refractivity contribution in [2.24, 2.45) is 34.8 Å². The molecular formula is C23H38ClN3O2. The third-order valence-corrected chi connectivity index (χ3v) is 8.92. The van der Waals surface area contributed by atoms with Crippen LogP contribution in [0.5, 0.6) is 0 Å². The molecule has 6 aliphatic rings. The fraction of sp³-hybridized carbons (Fsp3) is 0.913. The van der Waals surface area contributed by atoms with E-state index in [0.29, 0.717) is 32.1 Å². The van der Waals surface area contributed by atoms with Crippen LogP contribution in [0.1, 0.15) is 71.1 Å². The molecule has 6 fully saturated rings. The lowest BCUT2D eigenvalue weighted by atomic mass is 9.49. The second-order valence-corrected chi connectivity index (χ2v) is 11.1. The van der Waals surface area contributed by atoms with Gasteiger partial charge in [0.15, 0.2) is 0 Å². The van der Waals surface area contributed by atoms with E-state index in [2.05, 4.69) is 4.90 Å². The molecule has 5 saturated carbocycles. The topological polar surface area (TPSA) is 66.6 Å². The Morgan fingerprint density at radius 3 is 1.90 bits per heavy atom. The summed E-state index contributed by atoms with van der Waals surface area (Å²) in [6.07, 6.45) is 11.6. The van der Waals surface area contributed by atoms with Crippen molar-refractivity contribution >= 4 is 24.2 Å². The average molecular weight is 424 g/mol. The van der Waals surface area contributed by atoms with Gasteiger partial charge in [-0.3, -0.25) is 9.59 Å². The Hall–Kier alpha value is -0.810. The van der Waals surface area contributed by atoms with E-state index in [1.54, 1.807) is 0 Å². The molecule has 0 radical (unpaired) electrons. The Morgan fingerprint density at radius 2 is 1.38 bits per heavy atom. The van der Waals surface area contributed by atoms with Gasteiger partial charge in [0.25, 0.3) is 0 Å². The van der Waals surface area contributed by atoms with Crippen LogP contribution in [0, 0.1) is 29.1 Å². The minimum atomic E-state index is -0.374. The molecule has 1 aliphatic heterocycles. The van der Waals surface area contributed by atoms with Gasteiger partial charge in [-0.2, -0.15) is 0 Å². The van der Waals surface area contributed by atoms with Crippen molar-refractivity contribution in [3.63, 3.8) is 0 Å². The molecule has 0 aromatic rings. The number of carbonyl (C=O) groups excluding carboxylic acids is 2. The van der Waals surface area contributed by atoms with Gasteiger partial charge in [-0.05, 0) is 76.0 Å². The molecule has 6 heteroatoms.